The van der Waals surface area contributed by atoms with Crippen LogP contribution in [0.5, 0.6) is 0 Å². The third-order valence-corrected chi connectivity index (χ3v) is 6.29. The Morgan fingerprint density at radius 2 is 0.833 bits per heavy atom. The second-order valence-corrected chi connectivity index (χ2v) is 9.45. The van der Waals surface area contributed by atoms with Gasteiger partial charge in [0.25, 0.3) is 0 Å². The molecule has 0 N–H and O–H groups in total. The van der Waals surface area contributed by atoms with Crippen molar-refractivity contribution >= 4 is 5.97 Å². The van der Waals surface area contributed by atoms with Gasteiger partial charge in [-0.15, -0.1) is 0 Å². The summed E-state index contributed by atoms with van der Waals surface area (Å²) in [7, 11) is 0. The molecular formula is C28H56O2. The van der Waals surface area contributed by atoms with E-state index < -0.39 is 0 Å². The van der Waals surface area contributed by atoms with Crippen LogP contribution in [0.3, 0.4) is 0 Å². The van der Waals surface area contributed by atoms with Gasteiger partial charge in [0, 0.05) is 6.42 Å². The van der Waals surface area contributed by atoms with Gasteiger partial charge >= 0.3 is 5.97 Å². The van der Waals surface area contributed by atoms with Gasteiger partial charge in [0.15, 0.2) is 0 Å². The third-order valence-electron chi connectivity index (χ3n) is 6.29. The van der Waals surface area contributed by atoms with E-state index in [0.29, 0.717) is 6.42 Å². The molecule has 0 aromatic carbocycles. The third kappa shape index (κ3) is 22.2. The van der Waals surface area contributed by atoms with Gasteiger partial charge in [-0.3, -0.25) is 4.79 Å². The molecule has 0 fully saturated rings. The Bertz CT molecular complexity index is 340. The van der Waals surface area contributed by atoms with Crippen LogP contribution in [0.25, 0.3) is 0 Å². The van der Waals surface area contributed by atoms with E-state index in [9.17, 15) is 4.79 Å². The summed E-state index contributed by atoms with van der Waals surface area (Å²) in [6, 6.07) is 0. The minimum Gasteiger partial charge on any atom is -0.462 e. The summed E-state index contributed by atoms with van der Waals surface area (Å²) >= 11 is 0. The quantitative estimate of drug-likeness (QED) is 0.114. The summed E-state index contributed by atoms with van der Waals surface area (Å²) in [5.74, 6) is 0.0510. The molecule has 2 heteroatoms. The smallest absolute Gasteiger partial charge is 0.306 e. The summed E-state index contributed by atoms with van der Waals surface area (Å²) in [5.41, 5.74) is 0. The number of hydrogen-bond donors (Lipinski definition) is 0. The topological polar surface area (TPSA) is 26.3 Å². The summed E-state index contributed by atoms with van der Waals surface area (Å²) in [4.78, 5) is 12.3. The van der Waals surface area contributed by atoms with Gasteiger partial charge in [-0.1, -0.05) is 130 Å². The number of ether oxygens (including phenoxy) is 1. The first kappa shape index (κ1) is 29.5. The van der Waals surface area contributed by atoms with Crippen LogP contribution in [0.1, 0.15) is 168 Å². The van der Waals surface area contributed by atoms with Crippen molar-refractivity contribution in [1.29, 1.82) is 0 Å². The molecule has 0 aromatic rings. The van der Waals surface area contributed by atoms with Crippen LogP contribution in [0.4, 0.5) is 0 Å². The van der Waals surface area contributed by atoms with E-state index >= 15 is 0 Å². The average molecular weight is 425 g/mol. The average Bonchev–Trinajstić information content (AvgIpc) is 2.74. The van der Waals surface area contributed by atoms with Crippen molar-refractivity contribution < 1.29 is 9.53 Å². The SMILES string of the molecule is CCCCCCCCCCCCCCCC(=O)OC(CCCCC)CCCCCC. The zero-order valence-electron chi connectivity index (χ0n) is 21.2. The summed E-state index contributed by atoms with van der Waals surface area (Å²) in [6.45, 7) is 6.76. The van der Waals surface area contributed by atoms with Crippen LogP contribution >= 0.6 is 0 Å². The van der Waals surface area contributed by atoms with Gasteiger partial charge in [-0.2, -0.15) is 0 Å². The molecule has 0 aromatic heterocycles. The molecule has 0 aliphatic heterocycles. The fraction of sp³-hybridized carbons (Fsp3) is 0.964. The molecule has 0 heterocycles. The molecule has 0 rings (SSSR count). The Labute approximate surface area is 190 Å². The highest BCUT2D eigenvalue weighted by Crippen LogP contribution is 2.17. The zero-order chi connectivity index (χ0) is 22.1. The second-order valence-electron chi connectivity index (χ2n) is 9.45. The first-order chi connectivity index (χ1) is 14.7. The van der Waals surface area contributed by atoms with Gasteiger partial charge in [-0.05, 0) is 32.1 Å². The molecule has 0 spiro atoms. The van der Waals surface area contributed by atoms with E-state index in [-0.39, 0.29) is 12.1 Å². The fourth-order valence-electron chi connectivity index (χ4n) is 4.21. The number of esters is 1. The van der Waals surface area contributed by atoms with E-state index in [1.165, 1.54) is 122 Å². The van der Waals surface area contributed by atoms with Crippen LogP contribution in [0.2, 0.25) is 0 Å². The molecule has 0 bridgehead atoms. The fourth-order valence-corrected chi connectivity index (χ4v) is 4.21. The van der Waals surface area contributed by atoms with E-state index in [0.717, 1.165) is 19.3 Å². The standard InChI is InChI=1S/C28H56O2/c1-4-7-10-12-13-14-15-16-17-18-19-20-23-26-28(29)30-27(24-21-9-6-3)25-22-11-8-5-2/h27H,4-26H2,1-3H3. The van der Waals surface area contributed by atoms with E-state index in [2.05, 4.69) is 20.8 Å². The number of carbonyl (C=O) groups excluding carboxylic acids is 1. The Kier molecular flexibility index (Phi) is 24.3. The van der Waals surface area contributed by atoms with Crippen molar-refractivity contribution in [1.82, 2.24) is 0 Å². The molecule has 0 amide bonds. The molecule has 180 valence electrons. The van der Waals surface area contributed by atoms with Crippen LogP contribution in [0.15, 0.2) is 0 Å². The molecule has 0 saturated carbocycles. The van der Waals surface area contributed by atoms with Gasteiger partial charge in [0.05, 0.1) is 0 Å². The predicted molar refractivity (Wildman–Crippen MR) is 133 cm³/mol. The highest BCUT2D eigenvalue weighted by molar-refractivity contribution is 5.69. The maximum absolute atomic E-state index is 12.3. The number of hydrogen-bond acceptors (Lipinski definition) is 2. The van der Waals surface area contributed by atoms with Crippen LogP contribution in [0, 0.1) is 0 Å². The van der Waals surface area contributed by atoms with Crippen molar-refractivity contribution in [2.45, 2.75) is 175 Å². The van der Waals surface area contributed by atoms with Crippen molar-refractivity contribution in [3.8, 4) is 0 Å². The van der Waals surface area contributed by atoms with E-state index in [1.807, 2.05) is 0 Å². The molecule has 30 heavy (non-hydrogen) atoms. The van der Waals surface area contributed by atoms with Crippen molar-refractivity contribution in [3.05, 3.63) is 0 Å². The van der Waals surface area contributed by atoms with Gasteiger partial charge < -0.3 is 4.74 Å². The number of carbonyl (C=O) groups is 1. The maximum atomic E-state index is 12.3. The lowest BCUT2D eigenvalue weighted by Gasteiger charge is -2.18. The van der Waals surface area contributed by atoms with Gasteiger partial charge in [0.2, 0.25) is 0 Å². The summed E-state index contributed by atoms with van der Waals surface area (Å²) in [6.07, 6.45) is 29.1. The van der Waals surface area contributed by atoms with Crippen LogP contribution in [-0.2, 0) is 9.53 Å². The van der Waals surface area contributed by atoms with E-state index in [1.54, 1.807) is 0 Å². The largest absolute Gasteiger partial charge is 0.462 e. The zero-order valence-corrected chi connectivity index (χ0v) is 21.2. The molecule has 1 atom stereocenters. The Morgan fingerprint density at radius 3 is 1.30 bits per heavy atom. The molecule has 0 saturated heterocycles. The first-order valence-corrected chi connectivity index (χ1v) is 13.9. The second kappa shape index (κ2) is 24.7. The molecule has 0 radical (unpaired) electrons. The lowest BCUT2D eigenvalue weighted by molar-refractivity contribution is -0.150. The lowest BCUT2D eigenvalue weighted by atomic mass is 10.0. The van der Waals surface area contributed by atoms with E-state index in [4.69, 9.17) is 4.74 Å². The van der Waals surface area contributed by atoms with Crippen molar-refractivity contribution in [2.75, 3.05) is 0 Å². The Morgan fingerprint density at radius 1 is 0.500 bits per heavy atom. The number of rotatable bonds is 24. The molecule has 0 aliphatic carbocycles. The number of unbranched alkanes of at least 4 members (excludes halogenated alkanes) is 17. The first-order valence-electron chi connectivity index (χ1n) is 13.9. The predicted octanol–water partition coefficient (Wildman–Crippen LogP) is 9.93. The summed E-state index contributed by atoms with van der Waals surface area (Å²) in [5, 5.41) is 0. The molecule has 0 aliphatic rings. The van der Waals surface area contributed by atoms with Crippen LogP contribution in [-0.4, -0.2) is 12.1 Å². The summed E-state index contributed by atoms with van der Waals surface area (Å²) < 4.78 is 5.85. The minimum atomic E-state index is 0.0510. The monoisotopic (exact) mass is 424 g/mol. The highest BCUT2D eigenvalue weighted by Gasteiger charge is 2.13. The lowest BCUT2D eigenvalue weighted by Crippen LogP contribution is -2.18. The van der Waals surface area contributed by atoms with Gasteiger partial charge in [0.1, 0.15) is 6.10 Å². The van der Waals surface area contributed by atoms with Crippen molar-refractivity contribution in [3.63, 3.8) is 0 Å². The molecular weight excluding hydrogens is 368 g/mol. The van der Waals surface area contributed by atoms with Crippen LogP contribution < -0.4 is 0 Å². The molecule has 2 nitrogen and oxygen atoms in total. The van der Waals surface area contributed by atoms with Gasteiger partial charge in [-0.25, -0.2) is 0 Å². The normalized spacial score (nSPS) is 12.2. The Balaban J connectivity index is 3.61. The minimum absolute atomic E-state index is 0.0510. The maximum Gasteiger partial charge on any atom is 0.306 e. The van der Waals surface area contributed by atoms with Crippen molar-refractivity contribution in [2.24, 2.45) is 0 Å². The Hall–Kier alpha value is -0.530. The highest BCUT2D eigenvalue weighted by atomic mass is 16.5. The molecule has 1 unspecified atom stereocenters.